The van der Waals surface area contributed by atoms with Gasteiger partial charge in [0.1, 0.15) is 0 Å². The van der Waals surface area contributed by atoms with Crippen LogP contribution < -0.4 is 9.78 Å². The van der Waals surface area contributed by atoms with Crippen molar-refractivity contribution in [3.05, 3.63) is 64.2 Å². The summed E-state index contributed by atoms with van der Waals surface area (Å²) in [6.45, 7) is 1.65. The lowest BCUT2D eigenvalue weighted by Crippen LogP contribution is -2.01. The lowest BCUT2D eigenvalue weighted by atomic mass is 10.2. The first kappa shape index (κ1) is 11.9. The van der Waals surface area contributed by atoms with Gasteiger partial charge in [-0.25, -0.2) is 0 Å². The lowest BCUT2D eigenvalue weighted by Gasteiger charge is -2.06. The summed E-state index contributed by atoms with van der Waals surface area (Å²) in [5.74, 6) is 0.982. The van der Waals surface area contributed by atoms with E-state index in [1.165, 1.54) is 12.1 Å². The Morgan fingerprint density at radius 3 is 2.28 bits per heavy atom. The van der Waals surface area contributed by atoms with E-state index in [-0.39, 0.29) is 5.69 Å². The van der Waals surface area contributed by atoms with Crippen LogP contribution >= 0.6 is 0 Å². The van der Waals surface area contributed by atoms with E-state index in [1.807, 2.05) is 18.2 Å². The van der Waals surface area contributed by atoms with E-state index >= 15 is 0 Å². The highest BCUT2D eigenvalue weighted by molar-refractivity contribution is 5.44. The molecule has 2 aromatic carbocycles. The molecule has 0 aliphatic heterocycles. The number of para-hydroxylation sites is 1. The first-order chi connectivity index (χ1) is 8.66. The van der Waals surface area contributed by atoms with Crippen LogP contribution in [0.1, 0.15) is 5.56 Å². The highest BCUT2D eigenvalue weighted by atomic mass is 17.2. The molecule has 0 spiro atoms. The van der Waals surface area contributed by atoms with Crippen LogP contribution in [0.25, 0.3) is 0 Å². The van der Waals surface area contributed by atoms with E-state index in [9.17, 15) is 10.1 Å². The van der Waals surface area contributed by atoms with E-state index in [0.717, 1.165) is 0 Å². The second-order valence-corrected chi connectivity index (χ2v) is 3.69. The van der Waals surface area contributed by atoms with Gasteiger partial charge in [-0.2, -0.15) is 0 Å². The number of hydrogen-bond acceptors (Lipinski definition) is 4. The molecule has 0 saturated heterocycles. The fraction of sp³-hybridized carbons (Fsp3) is 0.0769. The first-order valence-electron chi connectivity index (χ1n) is 5.31. The Bertz CT molecular complexity index is 554. The van der Waals surface area contributed by atoms with Gasteiger partial charge in [0.15, 0.2) is 11.5 Å². The molecule has 0 N–H and O–H groups in total. The van der Waals surface area contributed by atoms with Crippen LogP contribution in [0.2, 0.25) is 0 Å². The number of nitro groups is 1. The van der Waals surface area contributed by atoms with Crippen molar-refractivity contribution in [2.75, 3.05) is 0 Å². The van der Waals surface area contributed by atoms with Gasteiger partial charge in [0.25, 0.3) is 5.69 Å². The van der Waals surface area contributed by atoms with Gasteiger partial charge >= 0.3 is 0 Å². The molecule has 18 heavy (non-hydrogen) atoms. The zero-order valence-corrected chi connectivity index (χ0v) is 9.70. The van der Waals surface area contributed by atoms with Crippen molar-refractivity contribution in [2.45, 2.75) is 6.92 Å². The van der Waals surface area contributed by atoms with E-state index in [0.29, 0.717) is 17.1 Å². The number of hydrogen-bond donors (Lipinski definition) is 0. The summed E-state index contributed by atoms with van der Waals surface area (Å²) in [5.41, 5.74) is 0.580. The number of aryl methyl sites for hydroxylation is 1. The highest BCUT2D eigenvalue weighted by Crippen LogP contribution is 2.23. The van der Waals surface area contributed by atoms with Crippen molar-refractivity contribution in [1.29, 1.82) is 0 Å². The Morgan fingerprint density at radius 1 is 1.00 bits per heavy atom. The van der Waals surface area contributed by atoms with Crippen LogP contribution in [-0.4, -0.2) is 4.92 Å². The van der Waals surface area contributed by atoms with Crippen LogP contribution in [-0.2, 0) is 0 Å². The van der Waals surface area contributed by atoms with Gasteiger partial charge < -0.3 is 0 Å². The monoisotopic (exact) mass is 245 g/mol. The molecule has 0 atom stereocenters. The maximum absolute atomic E-state index is 10.6. The van der Waals surface area contributed by atoms with Crippen molar-refractivity contribution in [3.63, 3.8) is 0 Å². The van der Waals surface area contributed by atoms with Crippen LogP contribution in [0.4, 0.5) is 5.69 Å². The van der Waals surface area contributed by atoms with Crippen molar-refractivity contribution in [3.8, 4) is 11.5 Å². The molecule has 2 rings (SSSR count). The van der Waals surface area contributed by atoms with Gasteiger partial charge in [0, 0.05) is 11.6 Å². The molecule has 0 radical (unpaired) electrons. The van der Waals surface area contributed by atoms with E-state index in [1.54, 1.807) is 25.1 Å². The number of nitrogens with zero attached hydrogens (tertiary/aromatic N) is 1. The molecule has 0 unspecified atom stereocenters. The predicted octanol–water partition coefficient (Wildman–Crippen LogP) is 3.28. The molecule has 2 aromatic rings. The summed E-state index contributed by atoms with van der Waals surface area (Å²) in [6.07, 6.45) is 0. The molecule has 0 aromatic heterocycles. The normalized spacial score (nSPS) is 9.83. The van der Waals surface area contributed by atoms with Crippen molar-refractivity contribution in [2.24, 2.45) is 0 Å². The zero-order chi connectivity index (χ0) is 13.0. The largest absolute Gasteiger partial charge is 0.290 e. The number of rotatable bonds is 4. The Labute approximate surface area is 104 Å². The maximum atomic E-state index is 10.6. The summed E-state index contributed by atoms with van der Waals surface area (Å²) in [6, 6.07) is 13.4. The van der Waals surface area contributed by atoms with Gasteiger partial charge in [0.2, 0.25) is 0 Å². The highest BCUT2D eigenvalue weighted by Gasteiger charge is 2.11. The topological polar surface area (TPSA) is 61.6 Å². The number of benzene rings is 2. The quantitative estimate of drug-likeness (QED) is 0.471. The number of nitro benzene ring substituents is 1. The van der Waals surface area contributed by atoms with Crippen LogP contribution in [0.15, 0.2) is 48.5 Å². The summed E-state index contributed by atoms with van der Waals surface area (Å²) in [7, 11) is 0. The third-order valence-corrected chi connectivity index (χ3v) is 2.34. The molecule has 0 aliphatic carbocycles. The fourth-order valence-electron chi connectivity index (χ4n) is 1.46. The first-order valence-corrected chi connectivity index (χ1v) is 5.31. The minimum absolute atomic E-state index is 0.0575. The predicted molar refractivity (Wildman–Crippen MR) is 65.5 cm³/mol. The zero-order valence-electron chi connectivity index (χ0n) is 9.70. The molecule has 5 nitrogen and oxygen atoms in total. The molecule has 0 aliphatic rings. The van der Waals surface area contributed by atoms with Crippen molar-refractivity contribution >= 4 is 5.69 Å². The molecule has 5 heteroatoms. The third-order valence-electron chi connectivity index (χ3n) is 2.34. The smallest absolute Gasteiger partial charge is 0.272 e. The van der Waals surface area contributed by atoms with Gasteiger partial charge in [-0.05, 0) is 31.2 Å². The average Bonchev–Trinajstić information content (AvgIpc) is 2.37. The Balaban J connectivity index is 2.07. The third kappa shape index (κ3) is 2.76. The van der Waals surface area contributed by atoms with Gasteiger partial charge in [-0.3, -0.25) is 19.9 Å². The van der Waals surface area contributed by atoms with Gasteiger partial charge in [-0.15, -0.1) is 0 Å². The standard InChI is InChI=1S/C13H11NO4/c1-10-9-12(7-8-13(10)14(15)16)18-17-11-5-3-2-4-6-11/h2-9H,1H3. The van der Waals surface area contributed by atoms with Crippen molar-refractivity contribution in [1.82, 2.24) is 0 Å². The summed E-state index contributed by atoms with van der Waals surface area (Å²) in [4.78, 5) is 20.4. The minimum Gasteiger partial charge on any atom is -0.290 e. The van der Waals surface area contributed by atoms with E-state index in [2.05, 4.69) is 0 Å². The van der Waals surface area contributed by atoms with Crippen LogP contribution in [0, 0.1) is 17.0 Å². The van der Waals surface area contributed by atoms with E-state index in [4.69, 9.17) is 9.78 Å². The SMILES string of the molecule is Cc1cc(OOc2ccccc2)ccc1[N+](=O)[O-]. The molecular formula is C13H11NO4. The van der Waals surface area contributed by atoms with Gasteiger partial charge in [0.05, 0.1) is 4.92 Å². The second kappa shape index (κ2) is 5.18. The minimum atomic E-state index is -0.433. The Hall–Kier alpha value is -2.56. The van der Waals surface area contributed by atoms with Crippen LogP contribution in [0.3, 0.4) is 0 Å². The second-order valence-electron chi connectivity index (χ2n) is 3.69. The Morgan fingerprint density at radius 2 is 1.67 bits per heavy atom. The summed E-state index contributed by atoms with van der Waals surface area (Å²) in [5, 5.41) is 10.6. The molecule has 0 amide bonds. The molecule has 0 bridgehead atoms. The molecule has 92 valence electrons. The summed E-state index contributed by atoms with van der Waals surface area (Å²) >= 11 is 0. The molecule has 0 fully saturated rings. The van der Waals surface area contributed by atoms with Crippen LogP contribution in [0.5, 0.6) is 11.5 Å². The lowest BCUT2D eigenvalue weighted by molar-refractivity contribution is -0.385. The maximum Gasteiger partial charge on any atom is 0.272 e. The Kier molecular flexibility index (Phi) is 3.43. The molecular weight excluding hydrogens is 234 g/mol. The molecule has 0 saturated carbocycles. The van der Waals surface area contributed by atoms with E-state index < -0.39 is 4.92 Å². The van der Waals surface area contributed by atoms with Gasteiger partial charge in [-0.1, -0.05) is 18.2 Å². The average molecular weight is 245 g/mol. The molecule has 0 heterocycles. The van der Waals surface area contributed by atoms with Crippen molar-refractivity contribution < 1.29 is 14.7 Å². The summed E-state index contributed by atoms with van der Waals surface area (Å²) < 4.78 is 0. The fourth-order valence-corrected chi connectivity index (χ4v) is 1.46.